The number of imidazole rings is 1. The number of anilines is 1. The number of rotatable bonds is 4. The molecule has 4 aromatic rings. The van der Waals surface area contributed by atoms with Gasteiger partial charge in [0.15, 0.2) is 11.5 Å². The van der Waals surface area contributed by atoms with Gasteiger partial charge < -0.3 is 19.1 Å². The van der Waals surface area contributed by atoms with Gasteiger partial charge in [0, 0.05) is 37.1 Å². The van der Waals surface area contributed by atoms with E-state index in [9.17, 15) is 9.90 Å². The Bertz CT molecular complexity index is 1270. The fourth-order valence-corrected chi connectivity index (χ4v) is 3.63. The van der Waals surface area contributed by atoms with Crippen molar-refractivity contribution in [2.45, 2.75) is 0 Å². The van der Waals surface area contributed by atoms with Gasteiger partial charge in [0.05, 0.1) is 35.7 Å². The molecule has 8 heteroatoms. The van der Waals surface area contributed by atoms with Crippen LogP contribution in [0.4, 0.5) is 5.82 Å². The highest BCUT2D eigenvalue weighted by Crippen LogP contribution is 2.22. The Morgan fingerprint density at radius 1 is 1.10 bits per heavy atom. The van der Waals surface area contributed by atoms with Gasteiger partial charge >= 0.3 is 5.97 Å². The van der Waals surface area contributed by atoms with Gasteiger partial charge in [0.1, 0.15) is 0 Å². The van der Waals surface area contributed by atoms with Crippen molar-refractivity contribution in [3.05, 3.63) is 65.9 Å². The van der Waals surface area contributed by atoms with Crippen LogP contribution in [0.5, 0.6) is 0 Å². The lowest BCUT2D eigenvalue weighted by Gasteiger charge is -2.27. The summed E-state index contributed by atoms with van der Waals surface area (Å²) >= 11 is 0. The van der Waals surface area contributed by atoms with Crippen molar-refractivity contribution in [2.75, 3.05) is 31.2 Å². The van der Waals surface area contributed by atoms with Crippen LogP contribution in [0.2, 0.25) is 0 Å². The van der Waals surface area contributed by atoms with E-state index < -0.39 is 5.97 Å². The van der Waals surface area contributed by atoms with Gasteiger partial charge in [0.2, 0.25) is 0 Å². The molecule has 1 saturated heterocycles. The van der Waals surface area contributed by atoms with Gasteiger partial charge in [-0.15, -0.1) is 0 Å². The fraction of sp³-hybridized carbons (Fsp3) is 0.182. The summed E-state index contributed by atoms with van der Waals surface area (Å²) in [6, 6.07) is 8.81. The number of carboxylic acid groups (broad SMARTS) is 1. The lowest BCUT2D eigenvalue weighted by molar-refractivity contribution is 0.0699. The summed E-state index contributed by atoms with van der Waals surface area (Å²) in [6.07, 6.45) is 9.15. The molecule has 0 spiro atoms. The molecule has 150 valence electrons. The molecule has 3 aromatic heterocycles. The SMILES string of the molecule is O=C(O)c1cc(C=Cc2cn3ccnc(N4CCOCC4)c3n2)nc2ccccc12. The van der Waals surface area contributed by atoms with Gasteiger partial charge in [-0.05, 0) is 24.3 Å². The molecule has 8 nitrogen and oxygen atoms in total. The zero-order valence-electron chi connectivity index (χ0n) is 16.1. The van der Waals surface area contributed by atoms with Crippen LogP contribution in [0.25, 0.3) is 28.7 Å². The molecule has 30 heavy (non-hydrogen) atoms. The first-order chi connectivity index (χ1) is 14.7. The standard InChI is InChI=1S/C22H19N5O3/c28-22(29)18-13-15(24-19-4-2-1-3-17(18)19)5-6-16-14-27-8-7-23-20(21(27)25-16)26-9-11-30-12-10-26/h1-8,13-14H,9-12H2,(H,28,29). The van der Waals surface area contributed by atoms with Gasteiger partial charge in [0.25, 0.3) is 0 Å². The Labute approximate surface area is 172 Å². The van der Waals surface area contributed by atoms with Crippen molar-refractivity contribution < 1.29 is 14.6 Å². The van der Waals surface area contributed by atoms with Crippen molar-refractivity contribution in [2.24, 2.45) is 0 Å². The smallest absolute Gasteiger partial charge is 0.336 e. The van der Waals surface area contributed by atoms with Crippen LogP contribution in [0.3, 0.4) is 0 Å². The quantitative estimate of drug-likeness (QED) is 0.562. The average molecular weight is 401 g/mol. The summed E-state index contributed by atoms with van der Waals surface area (Å²) in [6.45, 7) is 2.92. The highest BCUT2D eigenvalue weighted by molar-refractivity contribution is 6.03. The molecule has 0 unspecified atom stereocenters. The van der Waals surface area contributed by atoms with Crippen molar-refractivity contribution in [1.82, 2.24) is 19.4 Å². The number of hydrogen-bond donors (Lipinski definition) is 1. The van der Waals surface area contributed by atoms with Crippen molar-refractivity contribution in [3.8, 4) is 0 Å². The molecule has 0 saturated carbocycles. The molecule has 0 aliphatic carbocycles. The van der Waals surface area contributed by atoms with Crippen LogP contribution in [0.1, 0.15) is 21.7 Å². The topological polar surface area (TPSA) is 92.8 Å². The average Bonchev–Trinajstić information content (AvgIpc) is 3.21. The Balaban J connectivity index is 1.51. The molecule has 1 aliphatic heterocycles. The molecule has 4 heterocycles. The summed E-state index contributed by atoms with van der Waals surface area (Å²) in [5, 5.41) is 10.2. The van der Waals surface area contributed by atoms with Crippen molar-refractivity contribution in [1.29, 1.82) is 0 Å². The number of aromatic carboxylic acids is 1. The minimum atomic E-state index is -0.975. The number of para-hydroxylation sites is 1. The first kappa shape index (κ1) is 18.3. The molecule has 1 N–H and O–H groups in total. The number of pyridine rings is 1. The summed E-state index contributed by atoms with van der Waals surface area (Å²) in [5.41, 5.74) is 2.95. The second kappa shape index (κ2) is 7.57. The van der Waals surface area contributed by atoms with E-state index in [1.165, 1.54) is 0 Å². The van der Waals surface area contributed by atoms with Crippen LogP contribution in [0, 0.1) is 0 Å². The normalized spacial score (nSPS) is 14.7. The van der Waals surface area contributed by atoms with Gasteiger partial charge in [-0.3, -0.25) is 0 Å². The third kappa shape index (κ3) is 3.37. The highest BCUT2D eigenvalue weighted by atomic mass is 16.5. The maximum atomic E-state index is 11.7. The van der Waals surface area contributed by atoms with Gasteiger partial charge in [-0.1, -0.05) is 18.2 Å². The molecule has 5 rings (SSSR count). The predicted molar refractivity (Wildman–Crippen MR) is 114 cm³/mol. The van der Waals surface area contributed by atoms with E-state index in [1.54, 1.807) is 24.4 Å². The second-order valence-corrected chi connectivity index (χ2v) is 7.00. The number of fused-ring (bicyclic) bond motifs is 2. The molecule has 0 atom stereocenters. The fourth-order valence-electron chi connectivity index (χ4n) is 3.63. The molecule has 0 bridgehead atoms. The Morgan fingerprint density at radius 2 is 1.90 bits per heavy atom. The number of benzene rings is 1. The number of morpholine rings is 1. The van der Waals surface area contributed by atoms with Crippen LogP contribution in [-0.4, -0.2) is 56.7 Å². The molecule has 1 aliphatic rings. The molecule has 1 fully saturated rings. The Morgan fingerprint density at radius 3 is 2.73 bits per heavy atom. The molecule has 0 amide bonds. The van der Waals surface area contributed by atoms with E-state index in [0.29, 0.717) is 29.8 Å². The summed E-state index contributed by atoms with van der Waals surface area (Å²) in [7, 11) is 0. The second-order valence-electron chi connectivity index (χ2n) is 7.00. The maximum Gasteiger partial charge on any atom is 0.336 e. The number of carboxylic acids is 1. The van der Waals surface area contributed by atoms with Gasteiger partial charge in [-0.25, -0.2) is 19.7 Å². The molecule has 1 aromatic carbocycles. The minimum absolute atomic E-state index is 0.231. The first-order valence-electron chi connectivity index (χ1n) is 9.66. The van der Waals surface area contributed by atoms with E-state index in [0.717, 1.165) is 30.2 Å². The van der Waals surface area contributed by atoms with E-state index in [2.05, 4.69) is 14.9 Å². The monoisotopic (exact) mass is 401 g/mol. The van der Waals surface area contributed by atoms with Crippen LogP contribution < -0.4 is 4.90 Å². The van der Waals surface area contributed by atoms with E-state index >= 15 is 0 Å². The van der Waals surface area contributed by atoms with Crippen LogP contribution in [0.15, 0.2) is 48.9 Å². The zero-order chi connectivity index (χ0) is 20.5. The van der Waals surface area contributed by atoms with E-state index in [4.69, 9.17) is 9.72 Å². The number of nitrogens with zero attached hydrogens (tertiary/aromatic N) is 5. The summed E-state index contributed by atoms with van der Waals surface area (Å²) in [4.78, 5) is 27.6. The van der Waals surface area contributed by atoms with E-state index in [1.807, 2.05) is 41.1 Å². The number of aromatic nitrogens is 4. The Kier molecular flexibility index (Phi) is 4.61. The molecular weight excluding hydrogens is 382 g/mol. The van der Waals surface area contributed by atoms with Gasteiger partial charge in [-0.2, -0.15) is 0 Å². The third-order valence-corrected chi connectivity index (χ3v) is 5.08. The number of carbonyl (C=O) groups is 1. The summed E-state index contributed by atoms with van der Waals surface area (Å²) < 4.78 is 7.36. The maximum absolute atomic E-state index is 11.7. The lowest BCUT2D eigenvalue weighted by atomic mass is 10.1. The van der Waals surface area contributed by atoms with Crippen molar-refractivity contribution in [3.63, 3.8) is 0 Å². The van der Waals surface area contributed by atoms with E-state index in [-0.39, 0.29) is 5.56 Å². The van der Waals surface area contributed by atoms with Crippen molar-refractivity contribution >= 4 is 40.5 Å². The van der Waals surface area contributed by atoms with Crippen LogP contribution in [-0.2, 0) is 4.74 Å². The summed E-state index contributed by atoms with van der Waals surface area (Å²) in [5.74, 6) is -0.144. The number of ether oxygens (including phenoxy) is 1. The first-order valence-corrected chi connectivity index (χ1v) is 9.66. The minimum Gasteiger partial charge on any atom is -0.478 e. The van der Waals surface area contributed by atoms with Crippen LogP contribution >= 0.6 is 0 Å². The predicted octanol–water partition coefficient (Wildman–Crippen LogP) is 2.98. The zero-order valence-corrected chi connectivity index (χ0v) is 16.1. The third-order valence-electron chi connectivity index (χ3n) is 5.08. The molecule has 0 radical (unpaired) electrons. The number of hydrogen-bond acceptors (Lipinski definition) is 6. The molecular formula is C22H19N5O3. The highest BCUT2D eigenvalue weighted by Gasteiger charge is 2.17. The Hall–Kier alpha value is -3.78. The lowest BCUT2D eigenvalue weighted by Crippen LogP contribution is -2.37. The largest absolute Gasteiger partial charge is 0.478 e.